The molecule has 1 saturated carbocycles. The molecule has 3 unspecified atom stereocenters. The first kappa shape index (κ1) is 14.5. The Kier molecular flexibility index (Phi) is 5.96. The van der Waals surface area contributed by atoms with Gasteiger partial charge in [-0.2, -0.15) is 0 Å². The monoisotopic (exact) mass is 240 g/mol. The molecule has 0 saturated heterocycles. The Morgan fingerprint density at radius 3 is 2.35 bits per heavy atom. The predicted octanol–water partition coefficient (Wildman–Crippen LogP) is 2.30. The van der Waals surface area contributed by atoms with Gasteiger partial charge in [-0.1, -0.05) is 46.0 Å². The molecule has 0 aromatic carbocycles. The maximum Gasteiger partial charge on any atom is 0.224 e. The second kappa shape index (κ2) is 7.00. The highest BCUT2D eigenvalue weighted by Crippen LogP contribution is 2.31. The van der Waals surface area contributed by atoms with E-state index >= 15 is 0 Å². The summed E-state index contributed by atoms with van der Waals surface area (Å²) >= 11 is 0. The minimum Gasteiger partial charge on any atom is -0.353 e. The molecule has 17 heavy (non-hydrogen) atoms. The van der Waals surface area contributed by atoms with E-state index in [0.29, 0.717) is 12.5 Å². The van der Waals surface area contributed by atoms with E-state index < -0.39 is 0 Å². The maximum absolute atomic E-state index is 11.8. The standard InChI is InChI=1S/C14H28N2O/c1-10(9-15)14(17)16-12(3)11(2)13-7-5-4-6-8-13/h10-13H,4-9,15H2,1-3H3,(H,16,17). The number of rotatable bonds is 5. The number of carbonyl (C=O) groups is 1. The Morgan fingerprint density at radius 2 is 1.82 bits per heavy atom. The number of hydrogen-bond acceptors (Lipinski definition) is 2. The predicted molar refractivity (Wildman–Crippen MR) is 71.6 cm³/mol. The van der Waals surface area contributed by atoms with Gasteiger partial charge in [0.15, 0.2) is 0 Å². The normalized spacial score (nSPS) is 22.8. The third kappa shape index (κ3) is 4.30. The van der Waals surface area contributed by atoms with Crippen LogP contribution in [0.15, 0.2) is 0 Å². The summed E-state index contributed by atoms with van der Waals surface area (Å²) in [5, 5.41) is 3.11. The highest BCUT2D eigenvalue weighted by Gasteiger charge is 2.26. The second-order valence-corrected chi connectivity index (χ2v) is 5.69. The van der Waals surface area contributed by atoms with Gasteiger partial charge in [-0.25, -0.2) is 0 Å². The molecule has 1 aliphatic carbocycles. The smallest absolute Gasteiger partial charge is 0.224 e. The molecule has 1 rings (SSSR count). The van der Waals surface area contributed by atoms with Gasteiger partial charge in [0.2, 0.25) is 5.91 Å². The lowest BCUT2D eigenvalue weighted by atomic mass is 9.78. The molecule has 0 aromatic rings. The Bertz CT molecular complexity index is 236. The van der Waals surface area contributed by atoms with Crippen molar-refractivity contribution in [2.24, 2.45) is 23.5 Å². The van der Waals surface area contributed by atoms with Crippen molar-refractivity contribution in [2.75, 3.05) is 6.54 Å². The number of amides is 1. The first-order valence-corrected chi connectivity index (χ1v) is 7.06. The van der Waals surface area contributed by atoms with Crippen molar-refractivity contribution in [3.63, 3.8) is 0 Å². The molecule has 1 fully saturated rings. The van der Waals surface area contributed by atoms with Crippen LogP contribution < -0.4 is 11.1 Å². The summed E-state index contributed by atoms with van der Waals surface area (Å²) in [4.78, 5) is 11.8. The van der Waals surface area contributed by atoms with Crippen LogP contribution in [0.1, 0.15) is 52.9 Å². The van der Waals surface area contributed by atoms with E-state index in [1.807, 2.05) is 6.92 Å². The molecule has 1 aliphatic rings. The van der Waals surface area contributed by atoms with Crippen LogP contribution in [0.5, 0.6) is 0 Å². The molecule has 3 nitrogen and oxygen atoms in total. The van der Waals surface area contributed by atoms with E-state index in [1.54, 1.807) is 0 Å². The number of carbonyl (C=O) groups excluding carboxylic acids is 1. The van der Waals surface area contributed by atoms with Crippen molar-refractivity contribution in [2.45, 2.75) is 58.9 Å². The fourth-order valence-corrected chi connectivity index (χ4v) is 2.67. The van der Waals surface area contributed by atoms with Gasteiger partial charge in [0.25, 0.3) is 0 Å². The lowest BCUT2D eigenvalue weighted by Gasteiger charge is -2.32. The Morgan fingerprint density at radius 1 is 1.24 bits per heavy atom. The summed E-state index contributed by atoms with van der Waals surface area (Å²) in [6.07, 6.45) is 6.75. The van der Waals surface area contributed by atoms with Gasteiger partial charge < -0.3 is 11.1 Å². The molecule has 0 bridgehead atoms. The van der Waals surface area contributed by atoms with E-state index in [0.717, 1.165) is 5.92 Å². The Hall–Kier alpha value is -0.570. The van der Waals surface area contributed by atoms with E-state index in [1.165, 1.54) is 32.1 Å². The summed E-state index contributed by atoms with van der Waals surface area (Å²) in [5.74, 6) is 1.38. The zero-order valence-electron chi connectivity index (χ0n) is 11.5. The summed E-state index contributed by atoms with van der Waals surface area (Å²) in [5.41, 5.74) is 5.51. The third-order valence-electron chi connectivity index (χ3n) is 4.35. The summed E-state index contributed by atoms with van der Waals surface area (Å²) in [7, 11) is 0. The average molecular weight is 240 g/mol. The average Bonchev–Trinajstić information content (AvgIpc) is 2.37. The van der Waals surface area contributed by atoms with E-state index in [2.05, 4.69) is 19.2 Å². The summed E-state index contributed by atoms with van der Waals surface area (Å²) in [6.45, 7) is 6.71. The third-order valence-corrected chi connectivity index (χ3v) is 4.35. The molecule has 0 aliphatic heterocycles. The molecule has 100 valence electrons. The van der Waals surface area contributed by atoms with Crippen LogP contribution in [0.4, 0.5) is 0 Å². The summed E-state index contributed by atoms with van der Waals surface area (Å²) < 4.78 is 0. The van der Waals surface area contributed by atoms with Crippen LogP contribution in [0.25, 0.3) is 0 Å². The SMILES string of the molecule is CC(CN)C(=O)NC(C)C(C)C1CCCCC1. The molecule has 1 amide bonds. The van der Waals surface area contributed by atoms with E-state index in [-0.39, 0.29) is 17.9 Å². The highest BCUT2D eigenvalue weighted by atomic mass is 16.1. The maximum atomic E-state index is 11.8. The number of nitrogens with two attached hydrogens (primary N) is 1. The van der Waals surface area contributed by atoms with Crippen molar-refractivity contribution in [3.05, 3.63) is 0 Å². The molecule has 0 aromatic heterocycles. The van der Waals surface area contributed by atoms with Gasteiger partial charge in [0, 0.05) is 18.5 Å². The lowest BCUT2D eigenvalue weighted by Crippen LogP contribution is -2.43. The zero-order chi connectivity index (χ0) is 12.8. The fraction of sp³-hybridized carbons (Fsp3) is 0.929. The molecule has 3 heteroatoms. The summed E-state index contributed by atoms with van der Waals surface area (Å²) in [6, 6.07) is 0.264. The molecule has 0 spiro atoms. The highest BCUT2D eigenvalue weighted by molar-refractivity contribution is 5.78. The molecule has 3 atom stereocenters. The molecular weight excluding hydrogens is 212 g/mol. The van der Waals surface area contributed by atoms with Crippen LogP contribution >= 0.6 is 0 Å². The molecule has 3 N–H and O–H groups in total. The molecule has 0 radical (unpaired) electrons. The number of hydrogen-bond donors (Lipinski definition) is 2. The van der Waals surface area contributed by atoms with Crippen LogP contribution in [0.3, 0.4) is 0 Å². The largest absolute Gasteiger partial charge is 0.353 e. The van der Waals surface area contributed by atoms with Crippen molar-refractivity contribution in [1.82, 2.24) is 5.32 Å². The van der Waals surface area contributed by atoms with Gasteiger partial charge in [-0.15, -0.1) is 0 Å². The van der Waals surface area contributed by atoms with Crippen molar-refractivity contribution < 1.29 is 4.79 Å². The van der Waals surface area contributed by atoms with Gasteiger partial charge in [0.05, 0.1) is 0 Å². The molecular formula is C14H28N2O. The van der Waals surface area contributed by atoms with Crippen molar-refractivity contribution in [3.8, 4) is 0 Å². The Labute approximate surface area is 106 Å². The van der Waals surface area contributed by atoms with Gasteiger partial charge in [-0.05, 0) is 18.8 Å². The Balaban J connectivity index is 2.40. The lowest BCUT2D eigenvalue weighted by molar-refractivity contribution is -0.125. The van der Waals surface area contributed by atoms with Gasteiger partial charge >= 0.3 is 0 Å². The van der Waals surface area contributed by atoms with Crippen LogP contribution in [0.2, 0.25) is 0 Å². The van der Waals surface area contributed by atoms with Crippen LogP contribution in [-0.4, -0.2) is 18.5 Å². The minimum absolute atomic E-state index is 0.0731. The van der Waals surface area contributed by atoms with Gasteiger partial charge in [0.1, 0.15) is 0 Å². The first-order chi connectivity index (χ1) is 8.06. The van der Waals surface area contributed by atoms with Crippen molar-refractivity contribution in [1.29, 1.82) is 0 Å². The zero-order valence-corrected chi connectivity index (χ0v) is 11.5. The van der Waals surface area contributed by atoms with Crippen LogP contribution in [0, 0.1) is 17.8 Å². The van der Waals surface area contributed by atoms with Crippen molar-refractivity contribution >= 4 is 5.91 Å². The number of nitrogens with one attached hydrogen (secondary N) is 1. The van der Waals surface area contributed by atoms with Gasteiger partial charge in [-0.3, -0.25) is 4.79 Å². The quantitative estimate of drug-likeness (QED) is 0.774. The first-order valence-electron chi connectivity index (χ1n) is 7.06. The van der Waals surface area contributed by atoms with E-state index in [4.69, 9.17) is 5.73 Å². The van der Waals surface area contributed by atoms with Crippen LogP contribution in [-0.2, 0) is 4.79 Å². The van der Waals surface area contributed by atoms with E-state index in [9.17, 15) is 4.79 Å². The fourth-order valence-electron chi connectivity index (χ4n) is 2.67. The second-order valence-electron chi connectivity index (χ2n) is 5.69. The minimum atomic E-state index is -0.0731. The molecule has 0 heterocycles. The topological polar surface area (TPSA) is 55.1 Å².